The van der Waals surface area contributed by atoms with Crippen LogP contribution in [0, 0.1) is 0 Å². The molecule has 0 radical (unpaired) electrons. The maximum atomic E-state index is 11.7. The van der Waals surface area contributed by atoms with Gasteiger partial charge in [-0.15, -0.1) is 10.2 Å². The van der Waals surface area contributed by atoms with Crippen LogP contribution in [0.15, 0.2) is 10.6 Å². The third-order valence-corrected chi connectivity index (χ3v) is 2.97. The normalized spacial score (nSPS) is 10.8. The lowest BCUT2D eigenvalue weighted by molar-refractivity contribution is 0.102. The Bertz CT molecular complexity index is 537. The summed E-state index contributed by atoms with van der Waals surface area (Å²) in [7, 11) is 0. The lowest BCUT2D eigenvalue weighted by Crippen LogP contribution is -2.10. The highest BCUT2D eigenvalue weighted by Gasteiger charge is 2.15. The van der Waals surface area contributed by atoms with Crippen LogP contribution < -0.4 is 5.32 Å². The fourth-order valence-corrected chi connectivity index (χ4v) is 1.81. The second-order valence-corrected chi connectivity index (χ2v) is 5.14. The van der Waals surface area contributed by atoms with E-state index in [1.54, 1.807) is 6.07 Å². The quantitative estimate of drug-likeness (QED) is 0.929. The Morgan fingerprint density at radius 2 is 2.29 bits per heavy atom. The van der Waals surface area contributed by atoms with Crippen molar-refractivity contribution in [2.75, 3.05) is 5.32 Å². The first-order valence-corrected chi connectivity index (χ1v) is 6.02. The molecule has 8 heteroatoms. The van der Waals surface area contributed by atoms with E-state index >= 15 is 0 Å². The van der Waals surface area contributed by atoms with E-state index in [2.05, 4.69) is 20.7 Å². The molecule has 2 heterocycles. The molecular formula is C9H9ClN4O2S. The summed E-state index contributed by atoms with van der Waals surface area (Å²) in [5.74, 6) is 0.103. The highest BCUT2D eigenvalue weighted by molar-refractivity contribution is 7.17. The number of carbonyl (C=O) groups is 1. The summed E-state index contributed by atoms with van der Waals surface area (Å²) in [5, 5.41) is 13.7. The number of amides is 1. The minimum atomic E-state index is -0.416. The monoisotopic (exact) mass is 272 g/mol. The minimum absolute atomic E-state index is 0.178. The average molecular weight is 273 g/mol. The Balaban J connectivity index is 2.07. The summed E-state index contributed by atoms with van der Waals surface area (Å²) >= 11 is 6.58. The highest BCUT2D eigenvalue weighted by atomic mass is 35.5. The molecule has 17 heavy (non-hydrogen) atoms. The molecule has 0 aliphatic carbocycles. The van der Waals surface area contributed by atoms with Crippen LogP contribution in [0.5, 0.6) is 0 Å². The number of hydrogen-bond acceptors (Lipinski definition) is 6. The van der Waals surface area contributed by atoms with Gasteiger partial charge in [0, 0.05) is 6.07 Å². The average Bonchev–Trinajstić information content (AvgIpc) is 2.86. The van der Waals surface area contributed by atoms with Crippen molar-refractivity contribution in [3.8, 4) is 0 Å². The first kappa shape index (κ1) is 12.0. The van der Waals surface area contributed by atoms with Crippen molar-refractivity contribution in [3.63, 3.8) is 0 Å². The van der Waals surface area contributed by atoms with E-state index in [-0.39, 0.29) is 21.3 Å². The molecule has 0 atom stereocenters. The zero-order valence-corrected chi connectivity index (χ0v) is 10.7. The second kappa shape index (κ2) is 4.80. The van der Waals surface area contributed by atoms with E-state index in [0.717, 1.165) is 17.0 Å². The van der Waals surface area contributed by atoms with Crippen LogP contribution in [0.25, 0.3) is 0 Å². The van der Waals surface area contributed by atoms with E-state index in [9.17, 15) is 4.79 Å². The first-order chi connectivity index (χ1) is 8.06. The van der Waals surface area contributed by atoms with Crippen molar-refractivity contribution in [1.82, 2.24) is 15.4 Å². The van der Waals surface area contributed by atoms with Crippen molar-refractivity contribution in [1.29, 1.82) is 0 Å². The Kier molecular flexibility index (Phi) is 3.39. The molecule has 1 amide bonds. The summed E-state index contributed by atoms with van der Waals surface area (Å²) < 4.78 is 5.18. The standard InChI is InChI=1S/C9H9ClN4O2S/c1-4(2)5-3-6(16-14-5)11-7(15)8-12-13-9(10)17-8/h3-4H,1-2H3,(H,11,15). The maximum Gasteiger partial charge on any atom is 0.289 e. The molecular weight excluding hydrogens is 264 g/mol. The molecule has 6 nitrogen and oxygen atoms in total. The number of halogens is 1. The Hall–Kier alpha value is -1.47. The van der Waals surface area contributed by atoms with Crippen LogP contribution in [0.1, 0.15) is 35.3 Å². The van der Waals surface area contributed by atoms with Gasteiger partial charge in [0.15, 0.2) is 0 Å². The SMILES string of the molecule is CC(C)c1cc(NC(=O)c2nnc(Cl)s2)on1. The number of nitrogens with one attached hydrogen (secondary N) is 1. The Labute approximate surface area is 106 Å². The number of rotatable bonds is 3. The van der Waals surface area contributed by atoms with Crippen LogP contribution >= 0.6 is 22.9 Å². The summed E-state index contributed by atoms with van der Waals surface area (Å²) in [4.78, 5) is 11.7. The number of aromatic nitrogens is 3. The van der Waals surface area contributed by atoms with Crippen molar-refractivity contribution >= 4 is 34.7 Å². The summed E-state index contributed by atoms with van der Waals surface area (Å²) in [6.07, 6.45) is 0. The van der Waals surface area contributed by atoms with E-state index in [0.29, 0.717) is 0 Å². The van der Waals surface area contributed by atoms with Gasteiger partial charge in [-0.3, -0.25) is 10.1 Å². The zero-order valence-electron chi connectivity index (χ0n) is 9.10. The summed E-state index contributed by atoms with van der Waals surface area (Å²) in [5.41, 5.74) is 0.774. The van der Waals surface area contributed by atoms with Gasteiger partial charge in [0.2, 0.25) is 15.4 Å². The highest BCUT2D eigenvalue weighted by Crippen LogP contribution is 2.19. The number of carbonyl (C=O) groups excluding carboxylic acids is 1. The lowest BCUT2D eigenvalue weighted by Gasteiger charge is -1.95. The summed E-state index contributed by atoms with van der Waals surface area (Å²) in [6.45, 7) is 3.96. The molecule has 0 aliphatic heterocycles. The van der Waals surface area contributed by atoms with E-state index in [4.69, 9.17) is 16.1 Å². The van der Waals surface area contributed by atoms with Crippen LogP contribution in [-0.4, -0.2) is 21.3 Å². The van der Waals surface area contributed by atoms with Gasteiger partial charge in [0.05, 0.1) is 5.69 Å². The van der Waals surface area contributed by atoms with Crippen LogP contribution in [-0.2, 0) is 0 Å². The Morgan fingerprint density at radius 1 is 1.53 bits per heavy atom. The van der Waals surface area contributed by atoms with Gasteiger partial charge in [-0.1, -0.05) is 30.3 Å². The van der Waals surface area contributed by atoms with Gasteiger partial charge in [-0.05, 0) is 17.5 Å². The van der Waals surface area contributed by atoms with Gasteiger partial charge in [-0.25, -0.2) is 0 Å². The predicted octanol–water partition coefficient (Wildman–Crippen LogP) is 2.56. The number of nitrogens with zero attached hydrogens (tertiary/aromatic N) is 3. The molecule has 2 rings (SSSR count). The number of anilines is 1. The Morgan fingerprint density at radius 3 is 2.82 bits per heavy atom. The molecule has 0 aromatic carbocycles. The number of hydrogen-bond donors (Lipinski definition) is 1. The largest absolute Gasteiger partial charge is 0.338 e. The van der Waals surface area contributed by atoms with E-state index in [1.165, 1.54) is 0 Å². The van der Waals surface area contributed by atoms with Gasteiger partial charge >= 0.3 is 0 Å². The smallest absolute Gasteiger partial charge is 0.289 e. The predicted molar refractivity (Wildman–Crippen MR) is 63.5 cm³/mol. The summed E-state index contributed by atoms with van der Waals surface area (Å²) in [6, 6.07) is 1.67. The molecule has 2 aromatic heterocycles. The van der Waals surface area contributed by atoms with Gasteiger partial charge in [0.25, 0.3) is 5.91 Å². The molecule has 0 unspecified atom stereocenters. The van der Waals surface area contributed by atoms with Crippen LogP contribution in [0.2, 0.25) is 4.47 Å². The van der Waals surface area contributed by atoms with Gasteiger partial charge in [0.1, 0.15) is 0 Å². The molecule has 90 valence electrons. The third-order valence-electron chi connectivity index (χ3n) is 1.95. The molecule has 1 N–H and O–H groups in total. The second-order valence-electron chi connectivity index (χ2n) is 3.59. The molecule has 0 saturated carbocycles. The topological polar surface area (TPSA) is 80.9 Å². The zero-order chi connectivity index (χ0) is 12.4. The fraction of sp³-hybridized carbons (Fsp3) is 0.333. The van der Waals surface area contributed by atoms with Crippen LogP contribution in [0.3, 0.4) is 0 Å². The first-order valence-electron chi connectivity index (χ1n) is 4.83. The van der Waals surface area contributed by atoms with Crippen molar-refractivity contribution in [2.24, 2.45) is 0 Å². The van der Waals surface area contributed by atoms with Crippen molar-refractivity contribution < 1.29 is 9.32 Å². The lowest BCUT2D eigenvalue weighted by atomic mass is 10.1. The van der Waals surface area contributed by atoms with E-state index < -0.39 is 5.91 Å². The van der Waals surface area contributed by atoms with Crippen molar-refractivity contribution in [2.45, 2.75) is 19.8 Å². The van der Waals surface area contributed by atoms with Gasteiger partial charge < -0.3 is 4.52 Å². The molecule has 0 fully saturated rings. The van der Waals surface area contributed by atoms with Gasteiger partial charge in [-0.2, -0.15) is 0 Å². The molecule has 0 aliphatic rings. The van der Waals surface area contributed by atoms with E-state index in [1.807, 2.05) is 13.8 Å². The van der Waals surface area contributed by atoms with Crippen LogP contribution in [0.4, 0.5) is 5.88 Å². The molecule has 2 aromatic rings. The molecule has 0 spiro atoms. The minimum Gasteiger partial charge on any atom is -0.338 e. The fourth-order valence-electron chi connectivity index (χ4n) is 1.08. The van der Waals surface area contributed by atoms with Crippen molar-refractivity contribution in [3.05, 3.63) is 21.2 Å². The maximum absolute atomic E-state index is 11.7. The molecule has 0 saturated heterocycles. The third kappa shape index (κ3) is 2.80. The molecule has 0 bridgehead atoms.